The van der Waals surface area contributed by atoms with Crippen molar-refractivity contribution in [2.24, 2.45) is 0 Å². The van der Waals surface area contributed by atoms with E-state index in [1.807, 2.05) is 6.92 Å². The van der Waals surface area contributed by atoms with Gasteiger partial charge in [-0.25, -0.2) is 0 Å². The van der Waals surface area contributed by atoms with Crippen LogP contribution < -0.4 is 10.2 Å². The third kappa shape index (κ3) is 3.61. The maximum atomic E-state index is 12.8. The number of para-hydroxylation sites is 1. The highest BCUT2D eigenvalue weighted by Gasteiger charge is 2.30. The van der Waals surface area contributed by atoms with Gasteiger partial charge in [0, 0.05) is 37.9 Å². The van der Waals surface area contributed by atoms with E-state index < -0.39 is 0 Å². The fourth-order valence-electron chi connectivity index (χ4n) is 4.17. The Balaban J connectivity index is 1.31. The van der Waals surface area contributed by atoms with Crippen molar-refractivity contribution in [1.82, 2.24) is 10.2 Å². The van der Waals surface area contributed by atoms with Crippen molar-refractivity contribution in [2.45, 2.75) is 38.4 Å². The Kier molecular flexibility index (Phi) is 4.93. The number of rotatable bonds is 5. The zero-order valence-electron chi connectivity index (χ0n) is 15.4. The number of amides is 1. The van der Waals surface area contributed by atoms with E-state index in [-0.39, 0.29) is 18.0 Å². The Bertz CT molecular complexity index is 761. The minimum Gasteiger partial charge on any atom is -0.359 e. The lowest BCUT2D eigenvalue weighted by molar-refractivity contribution is -0.122. The summed E-state index contributed by atoms with van der Waals surface area (Å²) in [5.41, 5.74) is 3.90. The second-order valence-corrected chi connectivity index (χ2v) is 7.46. The minimum atomic E-state index is -0.123. The second kappa shape index (κ2) is 7.50. The van der Waals surface area contributed by atoms with Gasteiger partial charge in [0.05, 0.1) is 0 Å². The third-order valence-corrected chi connectivity index (χ3v) is 5.64. The Labute approximate surface area is 155 Å². The monoisotopic (exact) mass is 349 g/mol. The molecule has 4 rings (SSSR count). The largest absolute Gasteiger partial charge is 0.359 e. The first-order valence-corrected chi connectivity index (χ1v) is 9.62. The highest BCUT2D eigenvalue weighted by molar-refractivity contribution is 5.86. The molecule has 0 bridgehead atoms. The van der Waals surface area contributed by atoms with Crippen LogP contribution in [0.3, 0.4) is 0 Å². The van der Waals surface area contributed by atoms with Crippen LogP contribution in [0.25, 0.3) is 0 Å². The molecule has 1 fully saturated rings. The van der Waals surface area contributed by atoms with Gasteiger partial charge in [0.15, 0.2) is 0 Å². The van der Waals surface area contributed by atoms with Crippen molar-refractivity contribution in [3.63, 3.8) is 0 Å². The summed E-state index contributed by atoms with van der Waals surface area (Å²) in [5.74, 6) is 0.147. The number of fused-ring (bicyclic) bond motifs is 1. The van der Waals surface area contributed by atoms with E-state index in [4.69, 9.17) is 0 Å². The van der Waals surface area contributed by atoms with Crippen LogP contribution in [-0.2, 0) is 17.8 Å². The average molecular weight is 349 g/mol. The van der Waals surface area contributed by atoms with Crippen LogP contribution in [0.5, 0.6) is 0 Å². The molecule has 0 aromatic heterocycles. The maximum Gasteiger partial charge on any atom is 0.242 e. The van der Waals surface area contributed by atoms with Gasteiger partial charge in [-0.2, -0.15) is 0 Å². The molecule has 2 aliphatic heterocycles. The van der Waals surface area contributed by atoms with E-state index >= 15 is 0 Å². The summed E-state index contributed by atoms with van der Waals surface area (Å²) >= 11 is 0. The predicted octanol–water partition coefficient (Wildman–Crippen LogP) is 2.83. The molecule has 2 aromatic rings. The quantitative estimate of drug-likeness (QED) is 0.902. The van der Waals surface area contributed by atoms with Crippen LogP contribution >= 0.6 is 0 Å². The van der Waals surface area contributed by atoms with Crippen molar-refractivity contribution in [3.8, 4) is 0 Å². The predicted molar refractivity (Wildman–Crippen MR) is 105 cm³/mol. The van der Waals surface area contributed by atoms with Gasteiger partial charge in [0.25, 0.3) is 0 Å². The number of carbonyl (C=O) groups excluding carboxylic acids is 1. The first-order chi connectivity index (χ1) is 12.7. The standard InChI is InChI=1S/C22H27N3O/c1-17(25-14-11-19-9-5-6-10-21(19)25)22(26)23-20-12-13-24(16-20)15-18-7-3-2-4-8-18/h2-10,17,20H,11-16H2,1H3,(H,23,26)/t17-,20+/m0/s1. The van der Waals surface area contributed by atoms with Gasteiger partial charge in [0.1, 0.15) is 6.04 Å². The van der Waals surface area contributed by atoms with Crippen LogP contribution in [-0.4, -0.2) is 42.5 Å². The average Bonchev–Trinajstić information content (AvgIpc) is 3.29. The number of likely N-dealkylation sites (tertiary alicyclic amines) is 1. The molecule has 0 radical (unpaired) electrons. The molecule has 0 spiro atoms. The molecule has 26 heavy (non-hydrogen) atoms. The maximum absolute atomic E-state index is 12.8. The van der Waals surface area contributed by atoms with Crippen molar-refractivity contribution in [1.29, 1.82) is 0 Å². The Hall–Kier alpha value is -2.33. The van der Waals surface area contributed by atoms with E-state index in [1.165, 1.54) is 16.8 Å². The fourth-order valence-corrected chi connectivity index (χ4v) is 4.17. The number of anilines is 1. The Morgan fingerprint density at radius 2 is 1.88 bits per heavy atom. The molecule has 2 heterocycles. The van der Waals surface area contributed by atoms with E-state index in [1.54, 1.807) is 0 Å². The number of carbonyl (C=O) groups is 1. The number of nitrogens with one attached hydrogen (secondary N) is 1. The summed E-state index contributed by atoms with van der Waals surface area (Å²) in [6.45, 7) is 5.89. The Morgan fingerprint density at radius 1 is 1.12 bits per heavy atom. The molecule has 1 N–H and O–H groups in total. The zero-order valence-corrected chi connectivity index (χ0v) is 15.4. The first kappa shape index (κ1) is 17.1. The van der Waals surface area contributed by atoms with Crippen LogP contribution in [0.1, 0.15) is 24.5 Å². The third-order valence-electron chi connectivity index (χ3n) is 5.64. The van der Waals surface area contributed by atoms with E-state index in [0.717, 1.165) is 39.0 Å². The molecular weight excluding hydrogens is 322 g/mol. The summed E-state index contributed by atoms with van der Waals surface area (Å²) in [4.78, 5) is 17.5. The lowest BCUT2D eigenvalue weighted by atomic mass is 10.1. The molecule has 2 atom stereocenters. The number of nitrogens with zero attached hydrogens (tertiary/aromatic N) is 2. The van der Waals surface area contributed by atoms with Gasteiger partial charge in [0.2, 0.25) is 5.91 Å². The van der Waals surface area contributed by atoms with Crippen molar-refractivity contribution in [2.75, 3.05) is 24.5 Å². The second-order valence-electron chi connectivity index (χ2n) is 7.46. The number of hydrogen-bond donors (Lipinski definition) is 1. The molecule has 2 aromatic carbocycles. The molecule has 4 nitrogen and oxygen atoms in total. The smallest absolute Gasteiger partial charge is 0.242 e. The molecule has 136 valence electrons. The van der Waals surface area contributed by atoms with Crippen LogP contribution in [0.4, 0.5) is 5.69 Å². The normalized spacial score (nSPS) is 20.8. The molecular formula is C22H27N3O. The summed E-state index contributed by atoms with van der Waals surface area (Å²) in [6, 6.07) is 19.1. The molecule has 0 unspecified atom stereocenters. The highest BCUT2D eigenvalue weighted by Crippen LogP contribution is 2.29. The fraction of sp³-hybridized carbons (Fsp3) is 0.409. The summed E-state index contributed by atoms with van der Waals surface area (Å²) in [6.07, 6.45) is 2.06. The van der Waals surface area contributed by atoms with Crippen LogP contribution in [0.2, 0.25) is 0 Å². The topological polar surface area (TPSA) is 35.6 Å². The molecule has 0 aliphatic carbocycles. The molecule has 1 amide bonds. The lowest BCUT2D eigenvalue weighted by Gasteiger charge is -2.27. The van der Waals surface area contributed by atoms with Gasteiger partial charge in [-0.05, 0) is 37.0 Å². The van der Waals surface area contributed by atoms with Gasteiger partial charge >= 0.3 is 0 Å². The SMILES string of the molecule is C[C@@H](C(=O)N[C@@H]1CCN(Cc2ccccc2)C1)N1CCc2ccccc21. The summed E-state index contributed by atoms with van der Waals surface area (Å²) in [7, 11) is 0. The highest BCUT2D eigenvalue weighted by atomic mass is 16.2. The van der Waals surface area contributed by atoms with E-state index in [0.29, 0.717) is 0 Å². The van der Waals surface area contributed by atoms with Crippen molar-refractivity contribution < 1.29 is 4.79 Å². The summed E-state index contributed by atoms with van der Waals surface area (Å²) < 4.78 is 0. The number of hydrogen-bond acceptors (Lipinski definition) is 3. The number of benzene rings is 2. The Morgan fingerprint density at radius 3 is 2.73 bits per heavy atom. The van der Waals surface area contributed by atoms with E-state index in [2.05, 4.69) is 69.7 Å². The lowest BCUT2D eigenvalue weighted by Crippen LogP contribution is -2.48. The molecule has 2 aliphatic rings. The van der Waals surface area contributed by atoms with Gasteiger partial charge in [-0.1, -0.05) is 48.5 Å². The van der Waals surface area contributed by atoms with Crippen molar-refractivity contribution in [3.05, 3.63) is 65.7 Å². The van der Waals surface area contributed by atoms with Crippen LogP contribution in [0, 0.1) is 0 Å². The van der Waals surface area contributed by atoms with Crippen LogP contribution in [0.15, 0.2) is 54.6 Å². The first-order valence-electron chi connectivity index (χ1n) is 9.62. The summed E-state index contributed by atoms with van der Waals surface area (Å²) in [5, 5.41) is 3.28. The minimum absolute atomic E-state index is 0.123. The van der Waals surface area contributed by atoms with E-state index in [9.17, 15) is 4.79 Å². The molecule has 4 heteroatoms. The molecule has 1 saturated heterocycles. The van der Waals surface area contributed by atoms with Crippen molar-refractivity contribution >= 4 is 11.6 Å². The van der Waals surface area contributed by atoms with Gasteiger partial charge in [-0.15, -0.1) is 0 Å². The zero-order chi connectivity index (χ0) is 17.9. The molecule has 0 saturated carbocycles. The van der Waals surface area contributed by atoms with Gasteiger partial charge < -0.3 is 10.2 Å². The van der Waals surface area contributed by atoms with Gasteiger partial charge in [-0.3, -0.25) is 9.69 Å².